The van der Waals surface area contributed by atoms with E-state index in [1.54, 1.807) is 0 Å². The first-order chi connectivity index (χ1) is 13.0. The fourth-order valence-corrected chi connectivity index (χ4v) is 4.60. The highest BCUT2D eigenvalue weighted by Crippen LogP contribution is 2.34. The molecular weight excluding hydrogens is 330 g/mol. The van der Waals surface area contributed by atoms with E-state index >= 15 is 0 Å². The maximum Gasteiger partial charge on any atom is 0.297 e. The third-order valence-electron chi connectivity index (χ3n) is 5.75. The predicted molar refractivity (Wildman–Crippen MR) is 112 cm³/mol. The van der Waals surface area contributed by atoms with Gasteiger partial charge >= 0.3 is 0 Å². The molecule has 0 unspecified atom stereocenters. The van der Waals surface area contributed by atoms with Gasteiger partial charge in [0.25, 0.3) is 5.65 Å². The van der Waals surface area contributed by atoms with Crippen LogP contribution in [0.3, 0.4) is 0 Å². The maximum absolute atomic E-state index is 4.96. The number of fused-ring (bicyclic) bond motifs is 8. The van der Waals surface area contributed by atoms with E-state index in [0.717, 1.165) is 11.2 Å². The van der Waals surface area contributed by atoms with Crippen LogP contribution in [0.1, 0.15) is 36.6 Å². The predicted octanol–water partition coefficient (Wildman–Crippen LogP) is 5.36. The van der Waals surface area contributed by atoms with Crippen LogP contribution < -0.4 is 4.57 Å². The van der Waals surface area contributed by atoms with Gasteiger partial charge in [0.1, 0.15) is 5.52 Å². The molecule has 0 aliphatic carbocycles. The molecule has 0 bridgehead atoms. The van der Waals surface area contributed by atoms with Gasteiger partial charge in [-0.1, -0.05) is 38.1 Å². The van der Waals surface area contributed by atoms with Gasteiger partial charge in [-0.05, 0) is 49.6 Å². The summed E-state index contributed by atoms with van der Waals surface area (Å²) in [7, 11) is 2.18. The van der Waals surface area contributed by atoms with E-state index in [-0.39, 0.29) is 0 Å². The number of rotatable bonds is 1. The number of hydrogen-bond acceptors (Lipinski definition) is 1. The lowest BCUT2D eigenvalue weighted by Crippen LogP contribution is -2.27. The molecule has 2 aromatic carbocycles. The van der Waals surface area contributed by atoms with Crippen LogP contribution >= 0.6 is 0 Å². The molecule has 0 saturated carbocycles. The largest absolute Gasteiger partial charge is 0.297 e. The number of benzene rings is 2. The molecule has 3 aromatic heterocycles. The smallest absolute Gasteiger partial charge is 0.252 e. The Morgan fingerprint density at radius 1 is 1.00 bits per heavy atom. The van der Waals surface area contributed by atoms with Crippen LogP contribution in [0, 0.1) is 13.8 Å². The highest BCUT2D eigenvalue weighted by molar-refractivity contribution is 6.12. The van der Waals surface area contributed by atoms with Crippen molar-refractivity contribution in [1.82, 2.24) is 9.38 Å². The molecule has 3 heteroatoms. The van der Waals surface area contributed by atoms with Crippen molar-refractivity contribution in [2.24, 2.45) is 7.05 Å². The number of pyridine rings is 2. The summed E-state index contributed by atoms with van der Waals surface area (Å²) in [5.74, 6) is 0.457. The molecule has 5 rings (SSSR count). The van der Waals surface area contributed by atoms with Gasteiger partial charge in [0, 0.05) is 16.6 Å². The molecule has 0 atom stereocenters. The van der Waals surface area contributed by atoms with Gasteiger partial charge in [0.2, 0.25) is 0 Å². The average Bonchev–Trinajstić information content (AvgIpc) is 2.94. The minimum atomic E-state index is 0.457. The number of nitrogens with zero attached hydrogens (tertiary/aromatic N) is 3. The zero-order valence-electron chi connectivity index (χ0n) is 16.5. The van der Waals surface area contributed by atoms with Gasteiger partial charge in [-0.25, -0.2) is 4.57 Å². The summed E-state index contributed by atoms with van der Waals surface area (Å²) in [5.41, 5.74) is 9.83. The summed E-state index contributed by atoms with van der Waals surface area (Å²) in [4.78, 5) is 4.96. The van der Waals surface area contributed by atoms with E-state index in [4.69, 9.17) is 4.98 Å². The molecule has 0 saturated heterocycles. The second kappa shape index (κ2) is 5.53. The third kappa shape index (κ3) is 2.08. The summed E-state index contributed by atoms with van der Waals surface area (Å²) in [6, 6.07) is 17.5. The van der Waals surface area contributed by atoms with Crippen LogP contribution in [-0.2, 0) is 7.05 Å². The van der Waals surface area contributed by atoms with Crippen LogP contribution in [0.2, 0.25) is 0 Å². The molecule has 5 aromatic rings. The summed E-state index contributed by atoms with van der Waals surface area (Å²) < 4.78 is 4.78. The summed E-state index contributed by atoms with van der Waals surface area (Å²) in [6.45, 7) is 8.82. The summed E-state index contributed by atoms with van der Waals surface area (Å²) in [5, 5.41) is 2.45. The molecule has 3 heterocycles. The van der Waals surface area contributed by atoms with E-state index in [1.807, 2.05) is 0 Å². The van der Waals surface area contributed by atoms with Crippen LogP contribution in [0.5, 0.6) is 0 Å². The van der Waals surface area contributed by atoms with Crippen LogP contribution in [0.25, 0.3) is 38.5 Å². The van der Waals surface area contributed by atoms with Crippen molar-refractivity contribution in [2.45, 2.75) is 33.6 Å². The van der Waals surface area contributed by atoms with E-state index in [1.165, 1.54) is 44.1 Å². The standard InChI is InChI=1S/C24H24N3/c1-14(2)17-10-8-12-20-23(17)27-19-11-7-6-9-18(19)22-21(24(27)26(20)5)15(3)13-16(4)25-22/h6-14H,1-5H3/q+1. The fraction of sp³-hybridized carbons (Fsp3) is 0.250. The van der Waals surface area contributed by atoms with Gasteiger partial charge in [0.15, 0.2) is 11.0 Å². The normalized spacial score (nSPS) is 12.2. The lowest BCUT2D eigenvalue weighted by molar-refractivity contribution is -0.617. The Hall–Kier alpha value is -2.94. The molecule has 134 valence electrons. The van der Waals surface area contributed by atoms with Gasteiger partial charge in [0.05, 0.1) is 18.0 Å². The Morgan fingerprint density at radius 3 is 2.56 bits per heavy atom. The molecular formula is C24H24N3+. The Morgan fingerprint density at radius 2 is 1.78 bits per heavy atom. The lowest BCUT2D eigenvalue weighted by Gasteiger charge is -2.09. The Labute approximate surface area is 158 Å². The van der Waals surface area contributed by atoms with Crippen molar-refractivity contribution in [1.29, 1.82) is 0 Å². The third-order valence-corrected chi connectivity index (χ3v) is 5.75. The molecule has 3 nitrogen and oxygen atoms in total. The molecule has 0 radical (unpaired) electrons. The van der Waals surface area contributed by atoms with Gasteiger partial charge in [-0.2, -0.15) is 4.40 Å². The Balaban J connectivity index is 2.24. The molecule has 0 aliphatic heterocycles. The topological polar surface area (TPSA) is 21.2 Å². The van der Waals surface area contributed by atoms with Crippen molar-refractivity contribution in [3.8, 4) is 0 Å². The zero-order valence-corrected chi connectivity index (χ0v) is 16.5. The first-order valence-corrected chi connectivity index (χ1v) is 9.60. The minimum absolute atomic E-state index is 0.457. The average molecular weight is 354 g/mol. The summed E-state index contributed by atoms with van der Waals surface area (Å²) >= 11 is 0. The molecule has 0 amide bonds. The second-order valence-electron chi connectivity index (χ2n) is 7.91. The van der Waals surface area contributed by atoms with E-state index in [0.29, 0.717) is 5.92 Å². The van der Waals surface area contributed by atoms with Crippen molar-refractivity contribution in [3.05, 3.63) is 65.4 Å². The quantitative estimate of drug-likeness (QED) is 0.293. The Kier molecular flexibility index (Phi) is 3.33. The van der Waals surface area contributed by atoms with Gasteiger partial charge in [-0.3, -0.25) is 4.98 Å². The van der Waals surface area contributed by atoms with Crippen molar-refractivity contribution in [2.75, 3.05) is 0 Å². The van der Waals surface area contributed by atoms with Crippen molar-refractivity contribution in [3.63, 3.8) is 0 Å². The van der Waals surface area contributed by atoms with Crippen molar-refractivity contribution < 1.29 is 4.57 Å². The first-order valence-electron chi connectivity index (χ1n) is 9.60. The number of hydrogen-bond donors (Lipinski definition) is 0. The summed E-state index contributed by atoms with van der Waals surface area (Å²) in [6.07, 6.45) is 0. The van der Waals surface area contributed by atoms with Crippen LogP contribution in [0.15, 0.2) is 48.5 Å². The monoisotopic (exact) mass is 354 g/mol. The molecule has 0 N–H and O–H groups in total. The second-order valence-corrected chi connectivity index (χ2v) is 7.91. The van der Waals surface area contributed by atoms with E-state index in [9.17, 15) is 0 Å². The van der Waals surface area contributed by atoms with Gasteiger partial charge < -0.3 is 0 Å². The first kappa shape index (κ1) is 16.2. The van der Waals surface area contributed by atoms with E-state index in [2.05, 4.69) is 92.2 Å². The molecule has 0 spiro atoms. The van der Waals surface area contributed by atoms with Crippen LogP contribution in [-0.4, -0.2) is 9.38 Å². The fourth-order valence-electron chi connectivity index (χ4n) is 4.60. The zero-order chi connectivity index (χ0) is 18.9. The molecule has 0 aliphatic rings. The number of imidazole rings is 1. The lowest BCUT2D eigenvalue weighted by atomic mass is 10.0. The maximum atomic E-state index is 4.96. The number of aryl methyl sites for hydroxylation is 3. The Bertz CT molecular complexity index is 1370. The number of aromatic nitrogens is 3. The number of para-hydroxylation sites is 2. The van der Waals surface area contributed by atoms with Crippen molar-refractivity contribution >= 4 is 38.5 Å². The van der Waals surface area contributed by atoms with Gasteiger partial charge in [-0.15, -0.1) is 0 Å². The van der Waals surface area contributed by atoms with Crippen LogP contribution in [0.4, 0.5) is 0 Å². The molecule has 0 fully saturated rings. The minimum Gasteiger partial charge on any atom is -0.252 e. The highest BCUT2D eigenvalue weighted by atomic mass is 15.1. The molecule has 27 heavy (non-hydrogen) atoms. The SMILES string of the molecule is Cc1cc(C)c2c(n1)c1ccccc1n1c3c(C(C)C)cccc3[n+](C)c21. The highest BCUT2D eigenvalue weighted by Gasteiger charge is 2.27. The van der Waals surface area contributed by atoms with E-state index < -0.39 is 0 Å².